The molecule has 2 fully saturated rings. The molecular weight excluding hydrogens is 577 g/mol. The van der Waals surface area contributed by atoms with Crippen LogP contribution in [0.15, 0.2) is 17.5 Å². The van der Waals surface area contributed by atoms with Gasteiger partial charge in [0.15, 0.2) is 25.0 Å². The third-order valence-corrected chi connectivity index (χ3v) is 11.3. The van der Waals surface area contributed by atoms with E-state index in [1.165, 1.54) is 11.3 Å². The van der Waals surface area contributed by atoms with Gasteiger partial charge >= 0.3 is 0 Å². The Morgan fingerprint density at radius 1 is 1.00 bits per heavy atom. The number of ketones is 1. The van der Waals surface area contributed by atoms with E-state index in [1.54, 1.807) is 0 Å². The summed E-state index contributed by atoms with van der Waals surface area (Å²) in [7, 11) is -5.58. The largest absolute Gasteiger partial charge is 0.415 e. The van der Waals surface area contributed by atoms with Gasteiger partial charge in [-0.2, -0.15) is 0 Å². The highest BCUT2D eigenvalue weighted by Crippen LogP contribution is 2.41. The van der Waals surface area contributed by atoms with E-state index in [0.717, 1.165) is 11.3 Å². The molecule has 0 bridgehead atoms. The second-order valence-corrected chi connectivity index (χ2v) is 29.0. The molecule has 11 heteroatoms. The number of ether oxygens (including phenoxy) is 2. The van der Waals surface area contributed by atoms with E-state index in [9.17, 15) is 9.90 Å². The molecule has 2 saturated heterocycles. The normalized spacial score (nSPS) is 30.1. The quantitative estimate of drug-likeness (QED) is 0.172. The van der Waals surface area contributed by atoms with Gasteiger partial charge in [-0.05, 0) is 77.3 Å². The zero-order valence-electron chi connectivity index (χ0n) is 26.6. The van der Waals surface area contributed by atoms with Gasteiger partial charge in [0.1, 0.15) is 5.78 Å². The number of aliphatic hydroxyl groups excluding tert-OH is 1. The fourth-order valence-electron chi connectivity index (χ4n) is 5.56. The lowest BCUT2D eigenvalue weighted by molar-refractivity contribution is -0.159. The predicted molar refractivity (Wildman–Crippen MR) is 170 cm³/mol. The van der Waals surface area contributed by atoms with Gasteiger partial charge < -0.3 is 27.9 Å². The van der Waals surface area contributed by atoms with Crippen LogP contribution < -0.4 is 0 Å². The molecule has 2 aliphatic heterocycles. The highest BCUT2D eigenvalue weighted by atomic mass is 32.1. The molecule has 0 amide bonds. The molecule has 0 radical (unpaired) electrons. The van der Waals surface area contributed by atoms with Crippen LogP contribution in [-0.2, 0) is 27.5 Å². The molecule has 0 spiro atoms. The van der Waals surface area contributed by atoms with Crippen LogP contribution in [0.2, 0.25) is 58.9 Å². The van der Waals surface area contributed by atoms with Crippen molar-refractivity contribution >= 4 is 42.1 Å². The molecule has 1 N–H and O–H groups in total. The van der Waals surface area contributed by atoms with Crippen LogP contribution >= 0.6 is 11.3 Å². The Morgan fingerprint density at radius 3 is 2.17 bits per heavy atom. The van der Waals surface area contributed by atoms with Crippen molar-refractivity contribution in [1.29, 1.82) is 0 Å². The molecule has 0 aliphatic carbocycles. The van der Waals surface area contributed by atoms with Crippen molar-refractivity contribution in [3.63, 3.8) is 0 Å². The van der Waals surface area contributed by atoms with Gasteiger partial charge in [-0.25, -0.2) is 0 Å². The molecule has 7 nitrogen and oxygen atoms in total. The first-order chi connectivity index (χ1) is 18.3. The Morgan fingerprint density at radius 2 is 1.62 bits per heavy atom. The third kappa shape index (κ3) is 10.8. The second kappa shape index (κ2) is 13.6. The van der Waals surface area contributed by atoms with Gasteiger partial charge in [0.2, 0.25) is 0 Å². The molecule has 1 aromatic heterocycles. The number of hydrogen-bond acceptors (Lipinski definition) is 8. The summed E-state index contributed by atoms with van der Waals surface area (Å²) < 4.78 is 32.7. The number of epoxide rings is 1. The number of hydrogen-bond donors (Lipinski definition) is 1. The Labute approximate surface area is 249 Å². The van der Waals surface area contributed by atoms with Gasteiger partial charge in [-0.15, -0.1) is 11.3 Å². The summed E-state index contributed by atoms with van der Waals surface area (Å²) in [5.74, 6) is 0.206. The lowest BCUT2D eigenvalue weighted by atomic mass is 9.85. The number of rotatable bonds is 15. The summed E-state index contributed by atoms with van der Waals surface area (Å²) in [6, 6.07) is 3.77. The maximum absolute atomic E-state index is 13.2. The maximum Gasteiger partial charge on any atom is 0.184 e. The highest BCUT2D eigenvalue weighted by Gasteiger charge is 2.51. The second-order valence-electron chi connectivity index (χ2n) is 14.7. The van der Waals surface area contributed by atoms with Crippen LogP contribution in [0.4, 0.5) is 0 Å². The monoisotopic (exact) mass is 630 g/mol. The van der Waals surface area contributed by atoms with E-state index in [2.05, 4.69) is 72.8 Å². The number of carbonyl (C=O) groups excluding carboxylic acids is 1. The average Bonchev–Trinajstić information content (AvgIpc) is 3.31. The van der Waals surface area contributed by atoms with Crippen LogP contribution in [-0.4, -0.2) is 79.1 Å². The summed E-state index contributed by atoms with van der Waals surface area (Å²) in [6.45, 7) is 24.6. The number of carbonyl (C=O) groups is 1. The lowest BCUT2D eigenvalue weighted by Gasteiger charge is -2.47. The number of thiophene rings is 1. The minimum atomic E-state index is -1.98. The van der Waals surface area contributed by atoms with E-state index in [-0.39, 0.29) is 54.7 Å². The van der Waals surface area contributed by atoms with Crippen molar-refractivity contribution in [3.05, 3.63) is 22.4 Å². The molecule has 40 heavy (non-hydrogen) atoms. The first kappa shape index (κ1) is 34.3. The zero-order chi connectivity index (χ0) is 30.0. The molecule has 2 aliphatic rings. The zero-order valence-corrected chi connectivity index (χ0v) is 30.4. The van der Waals surface area contributed by atoms with Crippen LogP contribution in [0.1, 0.15) is 44.1 Å². The Bertz CT molecular complexity index is 941. The van der Waals surface area contributed by atoms with E-state index in [1.807, 2.05) is 17.5 Å². The van der Waals surface area contributed by atoms with Gasteiger partial charge in [-0.3, -0.25) is 4.79 Å². The summed E-state index contributed by atoms with van der Waals surface area (Å²) in [6.07, 6.45) is 0.127. The van der Waals surface area contributed by atoms with Crippen molar-refractivity contribution in [2.45, 2.75) is 135 Å². The Kier molecular flexibility index (Phi) is 11.7. The predicted octanol–water partition coefficient (Wildman–Crippen LogP) is 6.62. The van der Waals surface area contributed by atoms with Crippen LogP contribution in [0.5, 0.6) is 0 Å². The van der Waals surface area contributed by atoms with Crippen LogP contribution in [0.25, 0.3) is 0 Å². The molecule has 1 aromatic rings. The van der Waals surface area contributed by atoms with Gasteiger partial charge in [-0.1, -0.05) is 13.0 Å². The summed E-state index contributed by atoms with van der Waals surface area (Å²) >= 11 is 1.47. The number of Topliss-reactive ketones (excluding diaryl/α,β-unsaturated/α-hetero) is 1. The first-order valence-corrected chi connectivity index (χ1v) is 26.0. The van der Waals surface area contributed by atoms with Gasteiger partial charge in [0, 0.05) is 42.1 Å². The van der Waals surface area contributed by atoms with Crippen LogP contribution in [0.3, 0.4) is 0 Å². The summed E-state index contributed by atoms with van der Waals surface area (Å²) in [5, 5.41) is 12.5. The van der Waals surface area contributed by atoms with Crippen LogP contribution in [0, 0.1) is 11.8 Å². The average molecular weight is 631 g/mol. The molecule has 9 atom stereocenters. The van der Waals surface area contributed by atoms with Crippen molar-refractivity contribution in [2.75, 3.05) is 6.61 Å². The smallest absolute Gasteiger partial charge is 0.184 e. The molecule has 0 aromatic carbocycles. The third-order valence-electron chi connectivity index (χ3n) is 7.33. The van der Waals surface area contributed by atoms with E-state index in [0.29, 0.717) is 18.9 Å². The van der Waals surface area contributed by atoms with Gasteiger partial charge in [0.25, 0.3) is 0 Å². The van der Waals surface area contributed by atoms with Gasteiger partial charge in [0.05, 0.1) is 43.2 Å². The highest BCUT2D eigenvalue weighted by molar-refractivity contribution is 7.10. The Hall–Kier alpha value is -0.219. The van der Waals surface area contributed by atoms with E-state index in [4.69, 9.17) is 22.8 Å². The summed E-state index contributed by atoms with van der Waals surface area (Å²) in [5.41, 5.74) is 0. The minimum Gasteiger partial charge on any atom is -0.415 e. The fourth-order valence-corrected chi connectivity index (χ4v) is 9.85. The molecular formula is C29H54O7SSi3. The standard InChI is InChI=1S/C29H54O7SSi3/c1-19(20(2)34-38(3,4)5)27-25(33-27)17-24-29(36-40(9,10)11)28(35-39(6,7)8)21(18-32-24)15-22(30)16-23(31)26-13-12-14-37-26/h12-14,19-21,23-25,27-29,31H,15-18H2,1-11H3/t19-,20+,21+,23?,24+,25+,27+,28-,29-/m1/s1. The molecule has 3 heterocycles. The van der Waals surface area contributed by atoms with Crippen molar-refractivity contribution in [3.8, 4) is 0 Å². The Balaban J connectivity index is 1.73. The molecule has 0 saturated carbocycles. The lowest BCUT2D eigenvalue weighted by Crippen LogP contribution is -2.58. The molecule has 3 rings (SSSR count). The molecule has 1 unspecified atom stereocenters. The molecule has 230 valence electrons. The number of aliphatic hydroxyl groups is 1. The SMILES string of the molecule is C[C@@H]([C@@H]1O[C@H]1C[C@@H]1OC[C@H](CC(=O)CC(O)c2cccs2)[C@@H](O[Si](C)(C)C)[C@@H]1O[Si](C)(C)C)[C@H](C)O[Si](C)(C)C. The first-order valence-electron chi connectivity index (χ1n) is 14.9. The maximum atomic E-state index is 13.2. The topological polar surface area (TPSA) is 86.8 Å². The van der Waals surface area contributed by atoms with Crippen molar-refractivity contribution in [1.82, 2.24) is 0 Å². The summed E-state index contributed by atoms with van der Waals surface area (Å²) in [4.78, 5) is 14.0. The minimum absolute atomic E-state index is 0.0275. The van der Waals surface area contributed by atoms with Crippen molar-refractivity contribution < 1.29 is 32.7 Å². The van der Waals surface area contributed by atoms with Crippen molar-refractivity contribution in [2.24, 2.45) is 11.8 Å². The van der Waals surface area contributed by atoms with E-state index < -0.39 is 31.1 Å². The van der Waals surface area contributed by atoms with E-state index >= 15 is 0 Å². The fraction of sp³-hybridized carbons (Fsp3) is 0.828.